The maximum atomic E-state index is 12.3. The van der Waals surface area contributed by atoms with Gasteiger partial charge in [-0.15, -0.1) is 4.91 Å². The molecule has 0 aromatic rings. The number of nitrogens with zero attached hydrogens (tertiary/aromatic N) is 2. The summed E-state index contributed by atoms with van der Waals surface area (Å²) < 4.78 is 1.79. The highest BCUT2D eigenvalue weighted by molar-refractivity contribution is 7.99. The maximum Gasteiger partial charge on any atom is 0.326 e. The minimum Gasteiger partial charge on any atom is -0.480 e. The second-order valence-electron chi connectivity index (χ2n) is 5.59. The van der Waals surface area contributed by atoms with Gasteiger partial charge >= 0.3 is 5.97 Å². The molecule has 0 aromatic carbocycles. The Morgan fingerprint density at radius 3 is 2.62 bits per heavy atom. The lowest BCUT2D eigenvalue weighted by molar-refractivity contribution is -0.149. The van der Waals surface area contributed by atoms with E-state index in [0.717, 1.165) is 0 Å². The third-order valence-electron chi connectivity index (χ3n) is 3.53. The van der Waals surface area contributed by atoms with E-state index in [1.54, 1.807) is 20.8 Å². The number of nitrogens with one attached hydrogen (secondary N) is 1. The first-order valence-electron chi connectivity index (χ1n) is 6.69. The van der Waals surface area contributed by atoms with Crippen molar-refractivity contribution in [2.24, 2.45) is 4.58 Å². The molecule has 1 rings (SSSR count). The molecule has 1 amide bonds. The molecule has 0 spiro atoms. The van der Waals surface area contributed by atoms with Crippen molar-refractivity contribution < 1.29 is 19.8 Å². The number of amides is 1. The molecule has 21 heavy (non-hydrogen) atoms. The fourth-order valence-corrected chi connectivity index (χ4v) is 2.55. The summed E-state index contributed by atoms with van der Waals surface area (Å²) in [5.41, 5.74) is 0. The van der Waals surface area contributed by atoms with Gasteiger partial charge in [0.05, 0.1) is 10.8 Å². The quantitative estimate of drug-likeness (QED) is 0.356. The van der Waals surface area contributed by atoms with Gasteiger partial charge < -0.3 is 15.1 Å². The molecule has 0 aromatic heterocycles. The van der Waals surface area contributed by atoms with Crippen LogP contribution in [0.4, 0.5) is 0 Å². The number of aliphatic hydroxyl groups is 1. The van der Waals surface area contributed by atoms with E-state index in [9.17, 15) is 19.6 Å². The van der Waals surface area contributed by atoms with Crippen LogP contribution in [0, 0.1) is 4.91 Å². The lowest BCUT2D eigenvalue weighted by atomic mass is 10.1. The number of rotatable bonds is 7. The molecule has 3 atom stereocenters. The van der Waals surface area contributed by atoms with E-state index >= 15 is 0 Å². The first kappa shape index (κ1) is 17.9. The Bertz CT molecular complexity index is 418. The molecule has 1 aliphatic rings. The number of nitroso groups, excluding NO2 is 1. The molecule has 0 radical (unpaired) electrons. The van der Waals surface area contributed by atoms with Crippen molar-refractivity contribution in [2.45, 2.75) is 56.7 Å². The van der Waals surface area contributed by atoms with Gasteiger partial charge in [-0.3, -0.25) is 10.1 Å². The predicted octanol–water partition coefficient (Wildman–Crippen LogP) is 0.552. The van der Waals surface area contributed by atoms with E-state index in [0.29, 0.717) is 31.3 Å². The van der Waals surface area contributed by atoms with Crippen LogP contribution in [0.15, 0.2) is 4.58 Å². The number of aliphatic carboxylic acids is 1. The number of aliphatic hydroxyl groups excluding tert-OH is 1. The summed E-state index contributed by atoms with van der Waals surface area (Å²) in [6, 6.07) is -1.57. The Labute approximate surface area is 127 Å². The molecule has 3 N–H and O–H groups in total. The van der Waals surface area contributed by atoms with Crippen LogP contribution < -0.4 is 5.32 Å². The number of hydrogen-bond donors (Lipinski definition) is 3. The monoisotopic (exact) mass is 319 g/mol. The number of carbonyl (C=O) groups is 2. The molecule has 1 fully saturated rings. The Hall–Kier alpha value is -1.19. The Morgan fingerprint density at radius 1 is 1.48 bits per heavy atom. The van der Waals surface area contributed by atoms with E-state index in [-0.39, 0.29) is 5.91 Å². The second-order valence-corrected chi connectivity index (χ2v) is 6.97. The number of carboxylic acid groups (broad SMARTS) is 1. The van der Waals surface area contributed by atoms with Gasteiger partial charge in [-0.25, -0.2) is 4.79 Å². The van der Waals surface area contributed by atoms with Crippen LogP contribution in [0.25, 0.3) is 0 Å². The van der Waals surface area contributed by atoms with Crippen molar-refractivity contribution in [1.29, 1.82) is 0 Å². The van der Waals surface area contributed by atoms with E-state index in [4.69, 9.17) is 5.11 Å². The van der Waals surface area contributed by atoms with Gasteiger partial charge in [0.1, 0.15) is 12.3 Å². The van der Waals surface area contributed by atoms with Gasteiger partial charge in [-0.2, -0.15) is 0 Å². The minimum absolute atomic E-state index is 0.376. The Balaban J connectivity index is 2.66. The molecule has 0 saturated carbocycles. The largest absolute Gasteiger partial charge is 0.480 e. The van der Waals surface area contributed by atoms with Crippen LogP contribution in [-0.4, -0.2) is 56.6 Å². The summed E-state index contributed by atoms with van der Waals surface area (Å²) in [6.07, 6.45) is -0.0498. The van der Waals surface area contributed by atoms with Gasteiger partial charge in [-0.1, -0.05) is 0 Å². The second kappa shape index (κ2) is 7.19. The zero-order valence-corrected chi connectivity index (χ0v) is 13.1. The molecule has 120 valence electrons. The summed E-state index contributed by atoms with van der Waals surface area (Å²) in [4.78, 5) is 35.0. The summed E-state index contributed by atoms with van der Waals surface area (Å²) in [5, 5.41) is 21.8. The van der Waals surface area contributed by atoms with Crippen molar-refractivity contribution in [3.63, 3.8) is 0 Å². The average Bonchev–Trinajstić information content (AvgIpc) is 2.86. The van der Waals surface area contributed by atoms with Gasteiger partial charge in [-0.05, 0) is 33.6 Å². The number of carboxylic acids is 1. The zero-order valence-electron chi connectivity index (χ0n) is 12.3. The van der Waals surface area contributed by atoms with Crippen molar-refractivity contribution >= 4 is 23.8 Å². The molecule has 1 saturated heterocycles. The molecule has 0 bridgehead atoms. The van der Waals surface area contributed by atoms with E-state index in [1.165, 1.54) is 4.90 Å². The minimum atomic E-state index is -1.13. The first-order chi connectivity index (χ1) is 9.70. The summed E-state index contributed by atoms with van der Waals surface area (Å²) in [7, 11) is 0. The van der Waals surface area contributed by atoms with Crippen molar-refractivity contribution in [2.75, 3.05) is 6.54 Å². The van der Waals surface area contributed by atoms with Crippen LogP contribution in [0.1, 0.15) is 33.6 Å². The third-order valence-corrected chi connectivity index (χ3v) is 4.30. The molecule has 8 nitrogen and oxygen atoms in total. The van der Waals surface area contributed by atoms with E-state index in [1.807, 2.05) is 0 Å². The first-order valence-corrected chi connectivity index (χ1v) is 7.46. The number of carbonyl (C=O) groups excluding carboxylic acids is 1. The average molecular weight is 319 g/mol. The van der Waals surface area contributed by atoms with Crippen molar-refractivity contribution in [3.8, 4) is 0 Å². The molecule has 1 unspecified atom stereocenters. The Morgan fingerprint density at radius 2 is 2.10 bits per heavy atom. The van der Waals surface area contributed by atoms with Crippen LogP contribution in [0.2, 0.25) is 0 Å². The van der Waals surface area contributed by atoms with Crippen molar-refractivity contribution in [1.82, 2.24) is 10.2 Å². The van der Waals surface area contributed by atoms with Crippen LogP contribution in [0.5, 0.6) is 0 Å². The zero-order chi connectivity index (χ0) is 16.2. The van der Waals surface area contributed by atoms with Gasteiger partial charge in [0.15, 0.2) is 0 Å². The van der Waals surface area contributed by atoms with Gasteiger partial charge in [0, 0.05) is 23.1 Å². The SMILES string of the molecule is C[C@@H](NC(O)C(C)(C)SN=O)C(=O)N1CCC[C@H]1C(=O)O. The lowest BCUT2D eigenvalue weighted by Gasteiger charge is -2.31. The van der Waals surface area contributed by atoms with Gasteiger partial charge in [0.25, 0.3) is 0 Å². The highest BCUT2D eigenvalue weighted by Crippen LogP contribution is 2.28. The van der Waals surface area contributed by atoms with E-state index in [2.05, 4.69) is 9.90 Å². The summed E-state index contributed by atoms with van der Waals surface area (Å²) in [6.45, 7) is 5.18. The summed E-state index contributed by atoms with van der Waals surface area (Å²) in [5.74, 6) is -1.39. The van der Waals surface area contributed by atoms with Crippen molar-refractivity contribution in [3.05, 3.63) is 4.91 Å². The molecular weight excluding hydrogens is 298 g/mol. The normalized spacial score (nSPS) is 21.9. The van der Waals surface area contributed by atoms with Crippen LogP contribution in [-0.2, 0) is 9.59 Å². The summed E-state index contributed by atoms with van der Waals surface area (Å²) >= 11 is 0.671. The molecule has 9 heteroatoms. The molecule has 1 aliphatic heterocycles. The topological polar surface area (TPSA) is 119 Å². The molecular formula is C12H21N3O5S. The molecule has 1 heterocycles. The fraction of sp³-hybridized carbons (Fsp3) is 0.833. The highest BCUT2D eigenvalue weighted by atomic mass is 32.2. The maximum absolute atomic E-state index is 12.3. The lowest BCUT2D eigenvalue weighted by Crippen LogP contribution is -2.55. The highest BCUT2D eigenvalue weighted by Gasteiger charge is 2.38. The Kier molecular flexibility index (Phi) is 6.11. The van der Waals surface area contributed by atoms with Crippen LogP contribution in [0.3, 0.4) is 0 Å². The van der Waals surface area contributed by atoms with E-state index < -0.39 is 29.0 Å². The fourth-order valence-electron chi connectivity index (χ4n) is 2.19. The molecule has 0 aliphatic carbocycles. The number of likely N-dealkylation sites (tertiary alicyclic amines) is 1. The third kappa shape index (κ3) is 4.39. The standard InChI is InChI=1S/C12H21N3O5S/c1-7(13-11(19)12(2,3)21-14-20)9(16)15-6-4-5-8(15)10(17)18/h7-8,11,13,19H,4-6H2,1-3H3,(H,17,18)/t7-,8+,11?/m1/s1. The number of hydrogen-bond acceptors (Lipinski definition) is 7. The predicted molar refractivity (Wildman–Crippen MR) is 78.4 cm³/mol. The van der Waals surface area contributed by atoms with Gasteiger partial charge in [0.2, 0.25) is 5.91 Å². The smallest absolute Gasteiger partial charge is 0.326 e. The van der Waals surface area contributed by atoms with Crippen LogP contribution >= 0.6 is 11.9 Å².